The van der Waals surface area contributed by atoms with Crippen molar-refractivity contribution in [2.45, 2.75) is 31.6 Å². The molecule has 0 fully saturated rings. The molecule has 0 bridgehead atoms. The van der Waals surface area contributed by atoms with Crippen molar-refractivity contribution in [3.8, 4) is 0 Å². The Morgan fingerprint density at radius 3 is 1.89 bits per heavy atom. The molecule has 1 aromatic rings. The second-order valence-electron chi connectivity index (χ2n) is 3.61. The topological polar surface area (TPSA) is 0 Å². The van der Waals surface area contributed by atoms with Crippen molar-refractivity contribution < 1.29 is 26.3 Å². The van der Waals surface area contributed by atoms with E-state index in [0.717, 1.165) is 6.07 Å². The fraction of sp³-hybridized carbons (Fsp3) is 0.455. The van der Waals surface area contributed by atoms with E-state index < -0.39 is 29.0 Å². The van der Waals surface area contributed by atoms with Crippen LogP contribution in [0.25, 0.3) is 0 Å². The number of halogens is 7. The van der Waals surface area contributed by atoms with Crippen molar-refractivity contribution in [2.24, 2.45) is 0 Å². The van der Waals surface area contributed by atoms with Crippen LogP contribution in [0.2, 0.25) is 0 Å². The smallest absolute Gasteiger partial charge is 0.166 e. The van der Waals surface area contributed by atoms with Crippen molar-refractivity contribution in [3.63, 3.8) is 0 Å². The predicted octanol–water partition coefficient (Wildman–Crippen LogP) is 5.03. The second kappa shape index (κ2) is 4.99. The van der Waals surface area contributed by atoms with Gasteiger partial charge in [0.05, 0.1) is 11.1 Å². The Balaban J connectivity index is 3.66. The summed E-state index contributed by atoms with van der Waals surface area (Å²) < 4.78 is 76.2. The molecular weight excluding hydrogens is 282 g/mol. The summed E-state index contributed by atoms with van der Waals surface area (Å²) in [6, 6.07) is 1.42. The minimum atomic E-state index is -5.06. The number of rotatable bonds is 2. The van der Waals surface area contributed by atoms with Crippen molar-refractivity contribution in [3.05, 3.63) is 34.4 Å². The number of benzene rings is 1. The van der Waals surface area contributed by atoms with Crippen LogP contribution in [-0.4, -0.2) is 0 Å². The molecule has 7 heteroatoms. The molecule has 0 spiro atoms. The molecule has 0 saturated heterocycles. The molecule has 0 aliphatic heterocycles. The SMILES string of the molecule is CCc1c(CCl)ccc(C(F)(F)F)c1C(F)(F)F. The van der Waals surface area contributed by atoms with E-state index in [0.29, 0.717) is 6.07 Å². The van der Waals surface area contributed by atoms with Gasteiger partial charge in [0, 0.05) is 5.88 Å². The molecule has 0 nitrogen and oxygen atoms in total. The minimum absolute atomic E-state index is 0.0690. The quantitative estimate of drug-likeness (QED) is 0.529. The van der Waals surface area contributed by atoms with Gasteiger partial charge in [0.2, 0.25) is 0 Å². The van der Waals surface area contributed by atoms with Crippen LogP contribution in [0, 0.1) is 0 Å². The Morgan fingerprint density at radius 1 is 1.00 bits per heavy atom. The van der Waals surface area contributed by atoms with E-state index in [1.54, 1.807) is 0 Å². The Morgan fingerprint density at radius 2 is 1.56 bits per heavy atom. The third-order valence-electron chi connectivity index (χ3n) is 2.50. The molecular formula is C11H9ClF6. The summed E-state index contributed by atoms with van der Waals surface area (Å²) in [7, 11) is 0. The summed E-state index contributed by atoms with van der Waals surface area (Å²) >= 11 is 5.45. The van der Waals surface area contributed by atoms with Crippen LogP contribution in [-0.2, 0) is 24.7 Å². The Hall–Kier alpha value is -0.910. The minimum Gasteiger partial charge on any atom is -0.166 e. The van der Waals surface area contributed by atoms with Crippen LogP contribution < -0.4 is 0 Å². The molecule has 0 saturated carbocycles. The zero-order chi connectivity index (χ0) is 14.1. The van der Waals surface area contributed by atoms with Gasteiger partial charge in [-0.15, -0.1) is 11.6 Å². The van der Waals surface area contributed by atoms with Crippen molar-refractivity contribution >= 4 is 11.6 Å². The molecule has 0 N–H and O–H groups in total. The van der Waals surface area contributed by atoms with Crippen LogP contribution in [0.3, 0.4) is 0 Å². The van der Waals surface area contributed by atoms with Gasteiger partial charge in [-0.1, -0.05) is 13.0 Å². The van der Waals surface area contributed by atoms with Gasteiger partial charge in [-0.25, -0.2) is 0 Å². The first-order valence-corrected chi connectivity index (χ1v) is 5.51. The zero-order valence-corrected chi connectivity index (χ0v) is 9.97. The fourth-order valence-corrected chi connectivity index (χ4v) is 2.03. The third-order valence-corrected chi connectivity index (χ3v) is 2.78. The lowest BCUT2D eigenvalue weighted by Gasteiger charge is -2.20. The molecule has 0 heterocycles. The van der Waals surface area contributed by atoms with E-state index in [1.165, 1.54) is 6.92 Å². The van der Waals surface area contributed by atoms with Gasteiger partial charge in [-0.3, -0.25) is 0 Å². The third kappa shape index (κ3) is 2.91. The molecule has 0 aliphatic rings. The van der Waals surface area contributed by atoms with E-state index in [2.05, 4.69) is 0 Å². The Kier molecular flexibility index (Phi) is 4.20. The van der Waals surface area contributed by atoms with E-state index in [4.69, 9.17) is 11.6 Å². The van der Waals surface area contributed by atoms with Crippen LogP contribution in [0.15, 0.2) is 12.1 Å². The number of hydrogen-bond donors (Lipinski definition) is 0. The monoisotopic (exact) mass is 290 g/mol. The van der Waals surface area contributed by atoms with Crippen LogP contribution >= 0.6 is 11.6 Å². The average Bonchev–Trinajstić information content (AvgIpc) is 2.24. The normalized spacial score (nSPS) is 12.9. The summed E-state index contributed by atoms with van der Waals surface area (Å²) in [5.74, 6) is -0.260. The highest BCUT2D eigenvalue weighted by atomic mass is 35.5. The van der Waals surface area contributed by atoms with Gasteiger partial charge in [0.1, 0.15) is 0 Å². The molecule has 0 unspecified atom stereocenters. The van der Waals surface area contributed by atoms with Gasteiger partial charge >= 0.3 is 12.4 Å². The number of alkyl halides is 7. The first-order valence-electron chi connectivity index (χ1n) is 4.98. The van der Waals surface area contributed by atoms with E-state index in [1.807, 2.05) is 0 Å². The predicted molar refractivity (Wildman–Crippen MR) is 55.4 cm³/mol. The van der Waals surface area contributed by atoms with Gasteiger partial charge in [-0.2, -0.15) is 26.3 Å². The first kappa shape index (κ1) is 15.1. The molecule has 0 amide bonds. The van der Waals surface area contributed by atoms with Gasteiger partial charge in [0.25, 0.3) is 0 Å². The van der Waals surface area contributed by atoms with Crippen molar-refractivity contribution in [1.82, 2.24) is 0 Å². The molecule has 102 valence electrons. The van der Waals surface area contributed by atoms with E-state index in [9.17, 15) is 26.3 Å². The van der Waals surface area contributed by atoms with Crippen LogP contribution in [0.4, 0.5) is 26.3 Å². The van der Waals surface area contributed by atoms with Crippen LogP contribution in [0.5, 0.6) is 0 Å². The molecule has 1 aromatic carbocycles. The van der Waals surface area contributed by atoms with Gasteiger partial charge in [-0.05, 0) is 23.6 Å². The van der Waals surface area contributed by atoms with Gasteiger partial charge < -0.3 is 0 Å². The summed E-state index contributed by atoms with van der Waals surface area (Å²) in [5, 5.41) is 0. The lowest BCUT2D eigenvalue weighted by molar-refractivity contribution is -0.162. The lowest BCUT2D eigenvalue weighted by Crippen LogP contribution is -2.20. The number of hydrogen-bond acceptors (Lipinski definition) is 0. The molecule has 0 aliphatic carbocycles. The highest BCUT2D eigenvalue weighted by Gasteiger charge is 2.44. The zero-order valence-electron chi connectivity index (χ0n) is 9.21. The van der Waals surface area contributed by atoms with Gasteiger partial charge in [0.15, 0.2) is 0 Å². The highest BCUT2D eigenvalue weighted by Crippen LogP contribution is 2.43. The Bertz CT molecular complexity index is 432. The maximum absolute atomic E-state index is 12.8. The van der Waals surface area contributed by atoms with Crippen LogP contribution in [0.1, 0.15) is 29.2 Å². The van der Waals surface area contributed by atoms with E-state index >= 15 is 0 Å². The fourth-order valence-electron chi connectivity index (χ4n) is 1.78. The Labute approximate surface area is 105 Å². The lowest BCUT2D eigenvalue weighted by atomic mass is 9.94. The van der Waals surface area contributed by atoms with E-state index in [-0.39, 0.29) is 17.9 Å². The maximum Gasteiger partial charge on any atom is 0.417 e. The summed E-state index contributed by atoms with van der Waals surface area (Å²) in [6.07, 6.45) is -10.3. The van der Waals surface area contributed by atoms with Crippen molar-refractivity contribution in [2.75, 3.05) is 0 Å². The largest absolute Gasteiger partial charge is 0.417 e. The second-order valence-corrected chi connectivity index (χ2v) is 3.88. The first-order chi connectivity index (χ1) is 8.12. The highest BCUT2D eigenvalue weighted by molar-refractivity contribution is 6.17. The maximum atomic E-state index is 12.8. The summed E-state index contributed by atoms with van der Waals surface area (Å²) in [6.45, 7) is 1.36. The average molecular weight is 291 g/mol. The molecule has 18 heavy (non-hydrogen) atoms. The molecule has 0 radical (unpaired) electrons. The molecule has 1 rings (SSSR count). The standard InChI is InChI=1S/C11H9ClF6/c1-2-7-6(5-12)3-4-8(10(13,14)15)9(7)11(16,17)18/h3-4H,2,5H2,1H3. The molecule has 0 atom stereocenters. The van der Waals surface area contributed by atoms with Crippen molar-refractivity contribution in [1.29, 1.82) is 0 Å². The molecule has 0 aromatic heterocycles. The summed E-state index contributed by atoms with van der Waals surface area (Å²) in [4.78, 5) is 0. The summed E-state index contributed by atoms with van der Waals surface area (Å²) in [5.41, 5.74) is -3.62.